The molecule has 0 bridgehead atoms. The minimum absolute atomic E-state index is 0.0173. The van der Waals surface area contributed by atoms with Gasteiger partial charge in [-0.3, -0.25) is 24.0 Å². The number of phenolic OH excluding ortho intramolecular Hbond substituents is 3. The number of aromatic nitrogens is 1. The molecule has 0 radical (unpaired) electrons. The number of oxime groups is 1. The molecule has 1 spiro atoms. The summed E-state index contributed by atoms with van der Waals surface area (Å²) in [6.45, 7) is 0.0942. The summed E-state index contributed by atoms with van der Waals surface area (Å²) < 4.78 is 4.92. The van der Waals surface area contributed by atoms with Crippen LogP contribution in [0.3, 0.4) is 0 Å². The predicted molar refractivity (Wildman–Crippen MR) is 167 cm³/mol. The molecule has 3 aromatic carbocycles. The van der Waals surface area contributed by atoms with Crippen LogP contribution in [-0.2, 0) is 28.0 Å². The van der Waals surface area contributed by atoms with Crippen molar-refractivity contribution in [1.29, 1.82) is 0 Å². The molecule has 47 heavy (non-hydrogen) atoms. The van der Waals surface area contributed by atoms with Gasteiger partial charge in [-0.15, -0.1) is 0 Å². The van der Waals surface area contributed by atoms with Gasteiger partial charge in [0.15, 0.2) is 23.1 Å². The van der Waals surface area contributed by atoms with Crippen LogP contribution in [0.2, 0.25) is 10.0 Å². The van der Waals surface area contributed by atoms with Crippen LogP contribution in [0.4, 0.5) is 0 Å². The van der Waals surface area contributed by atoms with E-state index in [1.54, 1.807) is 24.3 Å². The van der Waals surface area contributed by atoms with E-state index in [0.29, 0.717) is 5.02 Å². The number of phenols is 3. The first kappa shape index (κ1) is 30.2. The summed E-state index contributed by atoms with van der Waals surface area (Å²) in [5, 5.41) is 38.0. The number of hydrogen-bond donors (Lipinski definition) is 4. The van der Waals surface area contributed by atoms with Crippen molar-refractivity contribution < 1.29 is 44.1 Å². The molecule has 12 nitrogen and oxygen atoms in total. The highest BCUT2D eigenvalue weighted by atomic mass is 35.5. The standard InChI is InChI=1S/C33H20Cl2N2O10/c1-46-18-9-17(38)20-21(26(18)39)28(41)23-22(27(20)40)30(43)33(31(23)44)6-5-15-24(33)29(42)19-16(25(15)35)8-14(37-32(19)45)10-36-47-11-12-3-2-4-13(34)7-12/h2-4,7-10,40-42H,5-6,11H2,1H3,(H,37,45)/t33-/m0/s1. The van der Waals surface area contributed by atoms with Crippen LogP contribution in [0.1, 0.15) is 70.2 Å². The summed E-state index contributed by atoms with van der Waals surface area (Å²) in [5.41, 5.74) is -4.90. The number of carbonyl (C=O) groups excluding carboxylic acids is 4. The van der Waals surface area contributed by atoms with Gasteiger partial charge >= 0.3 is 0 Å². The van der Waals surface area contributed by atoms with Gasteiger partial charge in [0.2, 0.25) is 5.78 Å². The summed E-state index contributed by atoms with van der Waals surface area (Å²) in [7, 11) is 1.12. The Kier molecular flexibility index (Phi) is 6.78. The summed E-state index contributed by atoms with van der Waals surface area (Å²) in [6, 6.07) is 8.39. The Bertz CT molecular complexity index is 2310. The lowest BCUT2D eigenvalue weighted by Crippen LogP contribution is -2.36. The second-order valence-electron chi connectivity index (χ2n) is 11.2. The first-order chi connectivity index (χ1) is 22.4. The second kappa shape index (κ2) is 10.5. The average Bonchev–Trinajstić information content (AvgIpc) is 3.55. The molecule has 1 heterocycles. The Balaban J connectivity index is 1.33. The highest BCUT2D eigenvalue weighted by Gasteiger charge is 2.62. The lowest BCUT2D eigenvalue weighted by atomic mass is 9.76. The van der Waals surface area contributed by atoms with E-state index in [0.717, 1.165) is 18.7 Å². The van der Waals surface area contributed by atoms with Gasteiger partial charge in [-0.2, -0.15) is 0 Å². The largest absolute Gasteiger partial charge is 0.507 e. The van der Waals surface area contributed by atoms with Gasteiger partial charge in [0.05, 0.1) is 51.7 Å². The third-order valence-corrected chi connectivity index (χ3v) is 9.42. The van der Waals surface area contributed by atoms with Crippen LogP contribution in [0.15, 0.2) is 52.1 Å². The molecule has 0 amide bonds. The summed E-state index contributed by atoms with van der Waals surface area (Å²) in [4.78, 5) is 75.4. The molecule has 14 heteroatoms. The SMILES string of the molecule is COC1=CC(=O)c2c(O)c3c(c(O)c2C1=O)C(=O)[C@]1(CCc2c1c(O)c1c(=O)[nH]c(C=NOCc4cccc(Cl)c4)cc1c2Cl)C3=O. The lowest BCUT2D eigenvalue weighted by molar-refractivity contribution is 0.0790. The van der Waals surface area contributed by atoms with Crippen molar-refractivity contribution in [2.24, 2.45) is 5.16 Å². The number of rotatable bonds is 5. The van der Waals surface area contributed by atoms with E-state index >= 15 is 0 Å². The normalized spacial score (nSPS) is 18.2. The van der Waals surface area contributed by atoms with Crippen molar-refractivity contribution in [3.05, 3.63) is 107 Å². The van der Waals surface area contributed by atoms with E-state index in [1.807, 2.05) is 0 Å². The maximum absolute atomic E-state index is 14.2. The zero-order chi connectivity index (χ0) is 33.5. The molecule has 4 N–H and O–H groups in total. The molecule has 236 valence electrons. The number of nitrogens with one attached hydrogen (secondary N) is 1. The Morgan fingerprint density at radius 1 is 0.957 bits per heavy atom. The monoisotopic (exact) mass is 674 g/mol. The molecular weight excluding hydrogens is 655 g/mol. The number of methoxy groups -OCH3 is 1. The molecule has 0 saturated heterocycles. The Morgan fingerprint density at radius 3 is 2.34 bits per heavy atom. The van der Waals surface area contributed by atoms with E-state index in [9.17, 15) is 39.3 Å². The van der Waals surface area contributed by atoms with Gasteiger partial charge in [-0.25, -0.2) is 0 Å². The van der Waals surface area contributed by atoms with Crippen LogP contribution in [0, 0.1) is 0 Å². The molecule has 3 aliphatic rings. The van der Waals surface area contributed by atoms with Gasteiger partial charge < -0.3 is 29.9 Å². The van der Waals surface area contributed by atoms with Crippen LogP contribution in [-0.4, -0.2) is 56.8 Å². The molecular formula is C33H20Cl2N2O10. The van der Waals surface area contributed by atoms with Crippen LogP contribution < -0.4 is 5.56 Å². The third kappa shape index (κ3) is 4.08. The maximum Gasteiger partial charge on any atom is 0.260 e. The van der Waals surface area contributed by atoms with E-state index in [2.05, 4.69) is 10.1 Å². The zero-order valence-corrected chi connectivity index (χ0v) is 25.6. The number of nitrogens with zero attached hydrogens (tertiary/aromatic N) is 1. The number of benzene rings is 3. The summed E-state index contributed by atoms with van der Waals surface area (Å²) >= 11 is 12.8. The number of aromatic amines is 1. The number of pyridine rings is 1. The maximum atomic E-state index is 14.2. The van der Waals surface area contributed by atoms with Crippen LogP contribution >= 0.6 is 23.2 Å². The number of hydrogen-bond acceptors (Lipinski definition) is 11. The van der Waals surface area contributed by atoms with Gasteiger partial charge in [0, 0.05) is 22.0 Å². The van der Waals surface area contributed by atoms with Crippen molar-refractivity contribution >= 4 is 63.3 Å². The van der Waals surface area contributed by atoms with E-state index in [1.165, 1.54) is 12.3 Å². The number of ether oxygens (including phenoxy) is 1. The van der Waals surface area contributed by atoms with Crippen molar-refractivity contribution in [3.8, 4) is 17.2 Å². The van der Waals surface area contributed by atoms with Gasteiger partial charge in [-0.1, -0.05) is 40.5 Å². The first-order valence-electron chi connectivity index (χ1n) is 14.0. The number of allylic oxidation sites excluding steroid dienone is 2. The average molecular weight is 675 g/mol. The van der Waals surface area contributed by atoms with Gasteiger partial charge in [0.25, 0.3) is 5.56 Å². The molecule has 0 aliphatic heterocycles. The topological polar surface area (TPSA) is 193 Å². The number of halogens is 2. The number of fused-ring (bicyclic) bond motifs is 5. The van der Waals surface area contributed by atoms with Gasteiger partial charge in [0.1, 0.15) is 29.3 Å². The molecule has 0 fully saturated rings. The van der Waals surface area contributed by atoms with Crippen molar-refractivity contribution in [1.82, 2.24) is 4.98 Å². The minimum atomic E-state index is -2.22. The lowest BCUT2D eigenvalue weighted by Gasteiger charge is -2.23. The zero-order valence-electron chi connectivity index (χ0n) is 24.1. The number of Topliss-reactive ketones (excluding diaryl/α,β-unsaturated/α-hetero) is 3. The molecule has 0 saturated carbocycles. The summed E-state index contributed by atoms with van der Waals surface area (Å²) in [5.74, 6) is -7.08. The fraction of sp³-hybridized carbons (Fsp3) is 0.152. The number of H-pyrrole nitrogens is 1. The highest BCUT2D eigenvalue weighted by molar-refractivity contribution is 6.41. The highest BCUT2D eigenvalue weighted by Crippen LogP contribution is 2.58. The Morgan fingerprint density at radius 2 is 1.66 bits per heavy atom. The smallest absolute Gasteiger partial charge is 0.260 e. The fourth-order valence-corrected chi connectivity index (χ4v) is 7.26. The minimum Gasteiger partial charge on any atom is -0.507 e. The Hall–Kier alpha value is -5.46. The van der Waals surface area contributed by atoms with Gasteiger partial charge in [-0.05, 0) is 42.2 Å². The van der Waals surface area contributed by atoms with Crippen molar-refractivity contribution in [3.63, 3.8) is 0 Å². The van der Waals surface area contributed by atoms with Crippen molar-refractivity contribution in [2.45, 2.75) is 24.9 Å². The molecule has 1 aromatic heterocycles. The summed E-state index contributed by atoms with van der Waals surface area (Å²) in [6.07, 6.45) is 1.76. The molecule has 4 aromatic rings. The number of aromatic hydroxyl groups is 3. The van der Waals surface area contributed by atoms with Crippen molar-refractivity contribution in [2.75, 3.05) is 7.11 Å². The quantitative estimate of drug-likeness (QED) is 0.1000. The second-order valence-corrected chi connectivity index (χ2v) is 12.0. The first-order valence-corrected chi connectivity index (χ1v) is 14.7. The van der Waals surface area contributed by atoms with E-state index in [4.69, 9.17) is 32.8 Å². The fourth-order valence-electron chi connectivity index (χ4n) is 6.70. The van der Waals surface area contributed by atoms with E-state index < -0.39 is 79.4 Å². The molecule has 1 atom stereocenters. The van der Waals surface area contributed by atoms with Crippen LogP contribution in [0.5, 0.6) is 17.2 Å². The third-order valence-electron chi connectivity index (χ3n) is 8.75. The number of carbonyl (C=O) groups is 4. The molecule has 0 unspecified atom stereocenters. The van der Waals surface area contributed by atoms with Crippen LogP contribution in [0.25, 0.3) is 10.8 Å². The molecule has 3 aliphatic carbocycles. The van der Waals surface area contributed by atoms with E-state index in [-0.39, 0.29) is 52.1 Å². The predicted octanol–water partition coefficient (Wildman–Crippen LogP) is 4.67. The number of ketones is 4. The Labute approximate surface area is 273 Å². The molecule has 7 rings (SSSR count).